The largest absolute Gasteiger partial charge is 0.326 e. The predicted octanol–water partition coefficient (Wildman–Crippen LogP) is 1.61. The van der Waals surface area contributed by atoms with Crippen molar-refractivity contribution in [3.05, 3.63) is 35.1 Å². The summed E-state index contributed by atoms with van der Waals surface area (Å²) in [5.41, 5.74) is 6.21. The van der Waals surface area contributed by atoms with Crippen LogP contribution in [0.5, 0.6) is 0 Å². The van der Waals surface area contributed by atoms with Crippen LogP contribution < -0.4 is 5.73 Å². The van der Waals surface area contributed by atoms with Crippen LogP contribution in [0.3, 0.4) is 0 Å². The van der Waals surface area contributed by atoms with E-state index in [-0.39, 0.29) is 17.9 Å². The van der Waals surface area contributed by atoms with Crippen LogP contribution in [0.4, 0.5) is 4.39 Å². The molecule has 0 unspecified atom stereocenters. The molecular formula is C11H16FNO2S. The summed E-state index contributed by atoms with van der Waals surface area (Å²) in [5.74, 6) is -0.770. The normalized spacial score (nSPS) is 12.1. The first-order valence-corrected chi connectivity index (χ1v) is 6.77. The molecule has 0 aliphatic heterocycles. The third-order valence-corrected chi connectivity index (χ3v) is 4.58. The van der Waals surface area contributed by atoms with Crippen molar-refractivity contribution in [2.24, 2.45) is 5.73 Å². The third kappa shape index (κ3) is 3.02. The highest BCUT2D eigenvalue weighted by molar-refractivity contribution is 7.91. The monoisotopic (exact) mass is 245 g/mol. The first-order chi connectivity index (χ1) is 7.36. The van der Waals surface area contributed by atoms with E-state index >= 15 is 0 Å². The molecule has 0 spiro atoms. The zero-order chi connectivity index (χ0) is 12.3. The van der Waals surface area contributed by atoms with Crippen molar-refractivity contribution in [1.29, 1.82) is 0 Å². The molecule has 2 N–H and O–H groups in total. The van der Waals surface area contributed by atoms with Crippen LogP contribution in [0.15, 0.2) is 18.2 Å². The van der Waals surface area contributed by atoms with Crippen LogP contribution in [0.2, 0.25) is 0 Å². The minimum absolute atomic E-state index is 0.200. The standard InChI is InChI=1S/C11H16FNO2S/c1-8(2)16(14,15)7-10-4-3-9(6-13)5-11(10)12/h3-5,8H,6-7,13H2,1-2H3. The molecule has 0 heterocycles. The van der Waals surface area contributed by atoms with Gasteiger partial charge in [-0.15, -0.1) is 0 Å². The summed E-state index contributed by atoms with van der Waals surface area (Å²) in [4.78, 5) is 0. The Morgan fingerprint density at radius 1 is 1.38 bits per heavy atom. The third-order valence-electron chi connectivity index (χ3n) is 2.43. The van der Waals surface area contributed by atoms with Gasteiger partial charge in [0.15, 0.2) is 9.84 Å². The van der Waals surface area contributed by atoms with Gasteiger partial charge < -0.3 is 5.73 Å². The highest BCUT2D eigenvalue weighted by Crippen LogP contribution is 2.16. The molecule has 0 atom stereocenters. The summed E-state index contributed by atoms with van der Waals surface area (Å²) in [5, 5.41) is -0.499. The number of benzene rings is 1. The molecule has 0 fully saturated rings. The van der Waals surface area contributed by atoms with Crippen LogP contribution in [0, 0.1) is 5.82 Å². The van der Waals surface area contributed by atoms with Crippen LogP contribution in [-0.2, 0) is 22.1 Å². The molecule has 0 amide bonds. The number of nitrogens with two attached hydrogens (primary N) is 1. The zero-order valence-electron chi connectivity index (χ0n) is 9.40. The van der Waals surface area contributed by atoms with Crippen molar-refractivity contribution in [2.75, 3.05) is 0 Å². The Hall–Kier alpha value is -0.940. The molecule has 1 aromatic rings. The fourth-order valence-corrected chi connectivity index (χ4v) is 2.22. The summed E-state index contributed by atoms with van der Waals surface area (Å²) in [6.45, 7) is 3.41. The van der Waals surface area contributed by atoms with Crippen LogP contribution in [0.25, 0.3) is 0 Å². The number of hydrogen-bond donors (Lipinski definition) is 1. The van der Waals surface area contributed by atoms with Crippen molar-refractivity contribution in [1.82, 2.24) is 0 Å². The van der Waals surface area contributed by atoms with E-state index in [9.17, 15) is 12.8 Å². The van der Waals surface area contributed by atoms with Crippen molar-refractivity contribution < 1.29 is 12.8 Å². The van der Waals surface area contributed by atoms with Crippen molar-refractivity contribution in [3.63, 3.8) is 0 Å². The first-order valence-electron chi connectivity index (χ1n) is 5.05. The summed E-state index contributed by atoms with van der Waals surface area (Å²) in [7, 11) is -3.26. The Bertz CT molecular complexity index is 469. The maximum atomic E-state index is 13.5. The van der Waals surface area contributed by atoms with Crippen molar-refractivity contribution in [3.8, 4) is 0 Å². The van der Waals surface area contributed by atoms with E-state index in [2.05, 4.69) is 0 Å². The van der Waals surface area contributed by atoms with Crippen molar-refractivity contribution in [2.45, 2.75) is 31.4 Å². The Balaban J connectivity index is 2.99. The molecule has 0 radical (unpaired) electrons. The number of rotatable bonds is 4. The van der Waals surface area contributed by atoms with Crippen LogP contribution >= 0.6 is 0 Å². The second-order valence-corrected chi connectivity index (χ2v) is 6.54. The summed E-state index contributed by atoms with van der Waals surface area (Å²) in [6, 6.07) is 4.41. The number of halogens is 1. The summed E-state index contributed by atoms with van der Waals surface area (Å²) >= 11 is 0. The van der Waals surface area contributed by atoms with Crippen molar-refractivity contribution >= 4 is 9.84 Å². The highest BCUT2D eigenvalue weighted by atomic mass is 32.2. The molecule has 1 rings (SSSR count). The van der Waals surface area contributed by atoms with Gasteiger partial charge in [-0.3, -0.25) is 0 Å². The van der Waals surface area contributed by atoms with E-state index in [1.807, 2.05) is 0 Å². The minimum Gasteiger partial charge on any atom is -0.326 e. The van der Waals surface area contributed by atoms with E-state index < -0.39 is 20.9 Å². The Morgan fingerprint density at radius 2 is 2.00 bits per heavy atom. The van der Waals surface area contributed by atoms with E-state index in [0.29, 0.717) is 5.56 Å². The fraction of sp³-hybridized carbons (Fsp3) is 0.455. The van der Waals surface area contributed by atoms with Gasteiger partial charge in [0, 0.05) is 12.1 Å². The van der Waals surface area contributed by atoms with Gasteiger partial charge in [-0.25, -0.2) is 12.8 Å². The average Bonchev–Trinajstić information content (AvgIpc) is 2.20. The first kappa shape index (κ1) is 13.1. The van der Waals surface area contributed by atoms with E-state index in [1.54, 1.807) is 19.9 Å². The van der Waals surface area contributed by atoms with Gasteiger partial charge in [-0.1, -0.05) is 12.1 Å². The lowest BCUT2D eigenvalue weighted by Crippen LogP contribution is -2.16. The molecule has 0 saturated carbocycles. The lowest BCUT2D eigenvalue weighted by atomic mass is 10.1. The molecule has 0 aliphatic carbocycles. The zero-order valence-corrected chi connectivity index (χ0v) is 10.2. The predicted molar refractivity (Wildman–Crippen MR) is 62.1 cm³/mol. The molecule has 5 heteroatoms. The second kappa shape index (κ2) is 4.93. The quantitative estimate of drug-likeness (QED) is 0.876. The second-order valence-electron chi connectivity index (χ2n) is 3.99. The minimum atomic E-state index is -3.26. The maximum Gasteiger partial charge on any atom is 0.156 e. The SMILES string of the molecule is CC(C)S(=O)(=O)Cc1ccc(CN)cc1F. The number of sulfone groups is 1. The van der Waals surface area contributed by atoms with Crippen LogP contribution in [0.1, 0.15) is 25.0 Å². The maximum absolute atomic E-state index is 13.5. The van der Waals surface area contributed by atoms with Crippen LogP contribution in [-0.4, -0.2) is 13.7 Å². The van der Waals surface area contributed by atoms with Gasteiger partial charge in [0.25, 0.3) is 0 Å². The van der Waals surface area contributed by atoms with Gasteiger partial charge in [-0.05, 0) is 25.5 Å². The van der Waals surface area contributed by atoms with Gasteiger partial charge >= 0.3 is 0 Å². The fourth-order valence-electron chi connectivity index (χ4n) is 1.22. The van der Waals surface area contributed by atoms with Gasteiger partial charge in [0.1, 0.15) is 5.82 Å². The Labute approximate surface area is 95.4 Å². The molecule has 0 bridgehead atoms. The molecule has 3 nitrogen and oxygen atoms in total. The summed E-state index contributed by atoms with van der Waals surface area (Å²) < 4.78 is 36.7. The van der Waals surface area contributed by atoms with Gasteiger partial charge in [0.05, 0.1) is 11.0 Å². The molecular weight excluding hydrogens is 229 g/mol. The molecule has 1 aromatic carbocycles. The lowest BCUT2D eigenvalue weighted by Gasteiger charge is -2.09. The highest BCUT2D eigenvalue weighted by Gasteiger charge is 2.18. The molecule has 16 heavy (non-hydrogen) atoms. The molecule has 90 valence electrons. The molecule has 0 aromatic heterocycles. The smallest absolute Gasteiger partial charge is 0.156 e. The average molecular weight is 245 g/mol. The van der Waals surface area contributed by atoms with E-state index in [1.165, 1.54) is 12.1 Å². The van der Waals surface area contributed by atoms with E-state index in [0.717, 1.165) is 0 Å². The number of hydrogen-bond acceptors (Lipinski definition) is 3. The Kier molecular flexibility index (Phi) is 4.04. The lowest BCUT2D eigenvalue weighted by molar-refractivity contribution is 0.579. The van der Waals surface area contributed by atoms with Gasteiger partial charge in [0.2, 0.25) is 0 Å². The van der Waals surface area contributed by atoms with Gasteiger partial charge in [-0.2, -0.15) is 0 Å². The Morgan fingerprint density at radius 3 is 2.44 bits per heavy atom. The molecule has 0 saturated heterocycles. The molecule has 0 aliphatic rings. The topological polar surface area (TPSA) is 60.2 Å². The van der Waals surface area contributed by atoms with E-state index in [4.69, 9.17) is 5.73 Å². The summed E-state index contributed by atoms with van der Waals surface area (Å²) in [6.07, 6.45) is 0.